The maximum atomic E-state index is 13.1. The predicted octanol–water partition coefficient (Wildman–Crippen LogP) is 0.569. The van der Waals surface area contributed by atoms with E-state index in [4.69, 9.17) is 0 Å². The van der Waals surface area contributed by atoms with Crippen molar-refractivity contribution in [3.8, 4) is 0 Å². The number of hydrogen-bond donors (Lipinski definition) is 2. The zero-order valence-corrected chi connectivity index (χ0v) is 17.9. The number of piperazine rings is 1. The highest BCUT2D eigenvalue weighted by molar-refractivity contribution is 6.05. The second-order valence-electron chi connectivity index (χ2n) is 9.22. The van der Waals surface area contributed by atoms with Crippen LogP contribution in [0, 0.1) is 5.92 Å². The van der Waals surface area contributed by atoms with Gasteiger partial charge in [-0.25, -0.2) is 0 Å². The van der Waals surface area contributed by atoms with Crippen LogP contribution in [0.25, 0.3) is 0 Å². The molecule has 0 aliphatic carbocycles. The summed E-state index contributed by atoms with van der Waals surface area (Å²) in [6.07, 6.45) is 3.04. The Morgan fingerprint density at radius 2 is 1.74 bits per heavy atom. The van der Waals surface area contributed by atoms with Gasteiger partial charge in [0.1, 0.15) is 6.04 Å². The number of imide groups is 1. The fraction of sp³-hybridized carbons (Fsp3) is 0.609. The van der Waals surface area contributed by atoms with Crippen molar-refractivity contribution in [2.24, 2.45) is 5.92 Å². The van der Waals surface area contributed by atoms with Crippen LogP contribution in [0.15, 0.2) is 18.2 Å². The highest BCUT2D eigenvalue weighted by atomic mass is 16.2. The largest absolute Gasteiger partial charge is 0.371 e. The lowest BCUT2D eigenvalue weighted by Crippen LogP contribution is -2.52. The molecular formula is C23H31N5O3. The number of anilines is 1. The van der Waals surface area contributed by atoms with Crippen LogP contribution in [0.4, 0.5) is 5.69 Å². The van der Waals surface area contributed by atoms with E-state index in [1.165, 1.54) is 19.4 Å². The molecule has 4 aliphatic rings. The minimum absolute atomic E-state index is 0.0973. The summed E-state index contributed by atoms with van der Waals surface area (Å²) in [4.78, 5) is 43.3. The number of fused-ring (bicyclic) bond motifs is 1. The zero-order chi connectivity index (χ0) is 21.4. The van der Waals surface area contributed by atoms with Gasteiger partial charge in [0.2, 0.25) is 11.8 Å². The number of rotatable bonds is 4. The van der Waals surface area contributed by atoms with Crippen molar-refractivity contribution in [3.05, 3.63) is 29.3 Å². The summed E-state index contributed by atoms with van der Waals surface area (Å²) in [6, 6.07) is 5.58. The molecule has 4 heterocycles. The smallest absolute Gasteiger partial charge is 0.255 e. The van der Waals surface area contributed by atoms with Crippen LogP contribution in [0.3, 0.4) is 0 Å². The van der Waals surface area contributed by atoms with Crippen LogP contribution < -0.4 is 15.5 Å². The number of piperidine rings is 2. The molecule has 3 amide bonds. The summed E-state index contributed by atoms with van der Waals surface area (Å²) >= 11 is 0. The molecule has 2 N–H and O–H groups in total. The van der Waals surface area contributed by atoms with Crippen LogP contribution in [-0.2, 0) is 16.1 Å². The van der Waals surface area contributed by atoms with Crippen molar-refractivity contribution in [2.45, 2.75) is 38.3 Å². The molecule has 1 aromatic rings. The Balaban J connectivity index is 1.21. The van der Waals surface area contributed by atoms with Crippen molar-refractivity contribution >= 4 is 23.4 Å². The number of nitrogens with zero attached hydrogens (tertiary/aromatic N) is 3. The third-order valence-corrected chi connectivity index (χ3v) is 7.22. The summed E-state index contributed by atoms with van der Waals surface area (Å²) in [6.45, 7) is 8.15. The van der Waals surface area contributed by atoms with Gasteiger partial charge in [0.15, 0.2) is 0 Å². The molecule has 8 nitrogen and oxygen atoms in total. The van der Waals surface area contributed by atoms with Gasteiger partial charge in [0, 0.05) is 70.0 Å². The van der Waals surface area contributed by atoms with Crippen LogP contribution >= 0.6 is 0 Å². The average molecular weight is 426 g/mol. The molecule has 31 heavy (non-hydrogen) atoms. The van der Waals surface area contributed by atoms with E-state index in [-0.39, 0.29) is 24.1 Å². The summed E-state index contributed by atoms with van der Waals surface area (Å²) in [5.74, 6) is 0.0330. The molecule has 166 valence electrons. The van der Waals surface area contributed by atoms with Gasteiger partial charge in [-0.2, -0.15) is 0 Å². The van der Waals surface area contributed by atoms with Crippen LogP contribution in [-0.4, -0.2) is 79.4 Å². The Morgan fingerprint density at radius 3 is 2.48 bits per heavy atom. The van der Waals surface area contributed by atoms with Crippen LogP contribution in [0.5, 0.6) is 0 Å². The van der Waals surface area contributed by atoms with Gasteiger partial charge in [0.25, 0.3) is 5.91 Å². The fourth-order valence-corrected chi connectivity index (χ4v) is 5.37. The molecular weight excluding hydrogens is 394 g/mol. The molecule has 3 fully saturated rings. The van der Waals surface area contributed by atoms with Crippen LogP contribution in [0.1, 0.15) is 41.6 Å². The summed E-state index contributed by atoms with van der Waals surface area (Å²) < 4.78 is 0. The lowest BCUT2D eigenvalue weighted by atomic mass is 9.95. The van der Waals surface area contributed by atoms with Crippen molar-refractivity contribution in [2.75, 3.05) is 50.7 Å². The van der Waals surface area contributed by atoms with Gasteiger partial charge < -0.3 is 20.0 Å². The van der Waals surface area contributed by atoms with Crippen molar-refractivity contribution < 1.29 is 14.4 Å². The SMILES string of the molecule is O=C1CCC(N2Cc3ccc(N4CCC(CN5CCNCC5)CC4)cc3C2=O)C(=O)N1. The van der Waals surface area contributed by atoms with E-state index < -0.39 is 6.04 Å². The maximum absolute atomic E-state index is 13.1. The normalized spacial score (nSPS) is 25.7. The Kier molecular flexibility index (Phi) is 5.67. The monoisotopic (exact) mass is 425 g/mol. The van der Waals surface area contributed by atoms with Crippen molar-refractivity contribution in [3.63, 3.8) is 0 Å². The zero-order valence-electron chi connectivity index (χ0n) is 17.9. The molecule has 0 bridgehead atoms. The number of benzene rings is 1. The molecule has 8 heteroatoms. The molecule has 0 saturated carbocycles. The van der Waals surface area contributed by atoms with Crippen molar-refractivity contribution in [1.29, 1.82) is 0 Å². The summed E-state index contributed by atoms with van der Waals surface area (Å²) in [7, 11) is 0. The molecule has 0 radical (unpaired) electrons. The van der Waals surface area contributed by atoms with Gasteiger partial charge in [-0.15, -0.1) is 0 Å². The van der Waals surface area contributed by atoms with E-state index in [1.807, 2.05) is 12.1 Å². The quantitative estimate of drug-likeness (QED) is 0.686. The highest BCUT2D eigenvalue weighted by Crippen LogP contribution is 2.32. The third-order valence-electron chi connectivity index (χ3n) is 7.22. The number of carbonyl (C=O) groups is 3. The second-order valence-corrected chi connectivity index (χ2v) is 9.22. The van der Waals surface area contributed by atoms with E-state index in [0.29, 0.717) is 18.5 Å². The van der Waals surface area contributed by atoms with E-state index in [0.717, 1.165) is 56.4 Å². The molecule has 1 aromatic carbocycles. The second kappa shape index (κ2) is 8.59. The topological polar surface area (TPSA) is 85.0 Å². The first-order valence-electron chi connectivity index (χ1n) is 11.5. The van der Waals surface area contributed by atoms with Gasteiger partial charge in [-0.1, -0.05) is 6.07 Å². The standard InChI is InChI=1S/C23H31N5O3/c29-21-4-3-20(22(30)25-21)28-15-17-1-2-18(13-19(17)23(28)31)27-9-5-16(6-10-27)14-26-11-7-24-8-12-26/h1-2,13,16,20,24H,3-12,14-15H2,(H,25,29,30). The third kappa shape index (κ3) is 4.19. The summed E-state index contributed by atoms with van der Waals surface area (Å²) in [5.41, 5.74) is 2.76. The first-order chi connectivity index (χ1) is 15.1. The number of hydrogen-bond acceptors (Lipinski definition) is 6. The predicted molar refractivity (Wildman–Crippen MR) is 117 cm³/mol. The van der Waals surface area contributed by atoms with Gasteiger partial charge >= 0.3 is 0 Å². The van der Waals surface area contributed by atoms with Gasteiger partial charge in [0.05, 0.1) is 0 Å². The lowest BCUT2D eigenvalue weighted by Gasteiger charge is -2.37. The Bertz CT molecular complexity index is 874. The van der Waals surface area contributed by atoms with Gasteiger partial charge in [-0.3, -0.25) is 19.7 Å². The molecule has 0 aromatic heterocycles. The van der Waals surface area contributed by atoms with Crippen LogP contribution in [0.2, 0.25) is 0 Å². The first kappa shape index (κ1) is 20.5. The lowest BCUT2D eigenvalue weighted by molar-refractivity contribution is -0.136. The minimum Gasteiger partial charge on any atom is -0.371 e. The Labute approximate surface area is 182 Å². The van der Waals surface area contributed by atoms with E-state index in [2.05, 4.69) is 26.5 Å². The van der Waals surface area contributed by atoms with E-state index >= 15 is 0 Å². The minimum atomic E-state index is -0.554. The van der Waals surface area contributed by atoms with E-state index in [9.17, 15) is 14.4 Å². The molecule has 5 rings (SSSR count). The molecule has 1 atom stereocenters. The Hall–Kier alpha value is -2.45. The molecule has 4 aliphatic heterocycles. The fourth-order valence-electron chi connectivity index (χ4n) is 5.37. The van der Waals surface area contributed by atoms with Gasteiger partial charge in [-0.05, 0) is 42.9 Å². The first-order valence-corrected chi connectivity index (χ1v) is 11.5. The summed E-state index contributed by atoms with van der Waals surface area (Å²) in [5, 5.41) is 5.78. The maximum Gasteiger partial charge on any atom is 0.255 e. The highest BCUT2D eigenvalue weighted by Gasteiger charge is 2.39. The Morgan fingerprint density at radius 1 is 0.968 bits per heavy atom. The number of amides is 3. The molecule has 3 saturated heterocycles. The van der Waals surface area contributed by atoms with Crippen molar-refractivity contribution in [1.82, 2.24) is 20.4 Å². The number of nitrogens with one attached hydrogen (secondary N) is 2. The molecule has 0 spiro atoms. The average Bonchev–Trinajstić information content (AvgIpc) is 3.11. The van der Waals surface area contributed by atoms with E-state index in [1.54, 1.807) is 4.90 Å². The number of carbonyl (C=O) groups excluding carboxylic acids is 3. The molecule has 1 unspecified atom stereocenters.